The monoisotopic (exact) mass is 152 g/mol. The zero-order valence-corrected chi connectivity index (χ0v) is 8.17. The van der Waals surface area contributed by atoms with E-state index >= 15 is 0 Å². The molecule has 0 aromatic heterocycles. The SMILES string of the molecule is CCC1C(C)C2C(C)C(C)C12. The standard InChI is InChI=1S/C11H20/c1-5-9-8(4)10-6(2)7(3)11(9)10/h6-11H,5H2,1-4H3. The molecule has 0 amide bonds. The second-order valence-electron chi connectivity index (χ2n) is 4.80. The average molecular weight is 152 g/mol. The van der Waals surface area contributed by atoms with Crippen molar-refractivity contribution < 1.29 is 0 Å². The van der Waals surface area contributed by atoms with Crippen LogP contribution in [0.1, 0.15) is 34.1 Å². The van der Waals surface area contributed by atoms with E-state index in [9.17, 15) is 0 Å². The van der Waals surface area contributed by atoms with E-state index in [-0.39, 0.29) is 0 Å². The summed E-state index contributed by atoms with van der Waals surface area (Å²) in [5, 5.41) is 0. The Balaban J connectivity index is 2.03. The summed E-state index contributed by atoms with van der Waals surface area (Å²) < 4.78 is 0. The Morgan fingerprint density at radius 2 is 1.36 bits per heavy atom. The van der Waals surface area contributed by atoms with Gasteiger partial charge in [-0.2, -0.15) is 0 Å². The van der Waals surface area contributed by atoms with Gasteiger partial charge < -0.3 is 0 Å². The number of rotatable bonds is 1. The van der Waals surface area contributed by atoms with Crippen molar-refractivity contribution in [2.45, 2.75) is 34.1 Å². The van der Waals surface area contributed by atoms with Gasteiger partial charge in [-0.1, -0.05) is 34.1 Å². The molecule has 0 aliphatic heterocycles. The van der Waals surface area contributed by atoms with E-state index in [4.69, 9.17) is 0 Å². The van der Waals surface area contributed by atoms with Gasteiger partial charge in [0.25, 0.3) is 0 Å². The molecule has 0 radical (unpaired) electrons. The van der Waals surface area contributed by atoms with Crippen LogP contribution >= 0.6 is 0 Å². The van der Waals surface area contributed by atoms with E-state index in [1.165, 1.54) is 6.42 Å². The maximum atomic E-state index is 2.46. The fraction of sp³-hybridized carbons (Fsp3) is 1.00. The largest absolute Gasteiger partial charge is 0.0651 e. The average Bonchev–Trinajstić information content (AvgIpc) is 2.00. The third-order valence-electron chi connectivity index (χ3n) is 4.74. The molecule has 0 nitrogen and oxygen atoms in total. The van der Waals surface area contributed by atoms with Crippen LogP contribution in [0.2, 0.25) is 0 Å². The van der Waals surface area contributed by atoms with Gasteiger partial charge in [-0.25, -0.2) is 0 Å². The predicted octanol–water partition coefficient (Wildman–Crippen LogP) is 3.18. The highest BCUT2D eigenvalue weighted by atomic mass is 14.6. The Morgan fingerprint density at radius 1 is 0.818 bits per heavy atom. The summed E-state index contributed by atoms with van der Waals surface area (Å²) >= 11 is 0. The minimum absolute atomic E-state index is 1.03. The molecule has 2 aliphatic carbocycles. The smallest absolute Gasteiger partial charge is 0.0321 e. The maximum absolute atomic E-state index is 2.46. The van der Waals surface area contributed by atoms with Gasteiger partial charge in [-0.15, -0.1) is 0 Å². The molecule has 0 N–H and O–H groups in total. The minimum Gasteiger partial charge on any atom is -0.0651 e. The summed E-state index contributed by atoms with van der Waals surface area (Å²) in [5.41, 5.74) is 0. The van der Waals surface area contributed by atoms with Gasteiger partial charge in [0.2, 0.25) is 0 Å². The number of hydrogen-bond acceptors (Lipinski definition) is 0. The molecule has 2 saturated carbocycles. The van der Waals surface area contributed by atoms with Gasteiger partial charge in [0.05, 0.1) is 0 Å². The Labute approximate surface area is 70.4 Å². The fourth-order valence-corrected chi connectivity index (χ4v) is 3.90. The molecule has 0 aromatic rings. The molecule has 64 valence electrons. The predicted molar refractivity (Wildman–Crippen MR) is 48.3 cm³/mol. The van der Waals surface area contributed by atoms with E-state index in [2.05, 4.69) is 27.7 Å². The Morgan fingerprint density at radius 3 is 1.91 bits per heavy atom. The topological polar surface area (TPSA) is 0 Å². The van der Waals surface area contributed by atoms with Crippen LogP contribution in [0.3, 0.4) is 0 Å². The first kappa shape index (κ1) is 7.64. The molecule has 6 atom stereocenters. The van der Waals surface area contributed by atoms with Crippen LogP contribution in [-0.4, -0.2) is 0 Å². The summed E-state index contributed by atoms with van der Waals surface area (Å²) in [6, 6.07) is 0. The van der Waals surface area contributed by atoms with Gasteiger partial charge in [0.1, 0.15) is 0 Å². The lowest BCUT2D eigenvalue weighted by Gasteiger charge is -2.66. The molecule has 0 heteroatoms. The van der Waals surface area contributed by atoms with Crippen molar-refractivity contribution in [2.24, 2.45) is 35.5 Å². The lowest BCUT2D eigenvalue weighted by atomic mass is 9.39. The van der Waals surface area contributed by atoms with Gasteiger partial charge in [0, 0.05) is 0 Å². The second kappa shape index (κ2) is 2.24. The van der Waals surface area contributed by atoms with Crippen molar-refractivity contribution in [2.75, 3.05) is 0 Å². The first-order valence-electron chi connectivity index (χ1n) is 5.18. The molecule has 0 bridgehead atoms. The Bertz CT molecular complexity index is 155. The number of hydrogen-bond donors (Lipinski definition) is 0. The van der Waals surface area contributed by atoms with Crippen molar-refractivity contribution >= 4 is 0 Å². The van der Waals surface area contributed by atoms with Crippen molar-refractivity contribution in [3.63, 3.8) is 0 Å². The van der Waals surface area contributed by atoms with Crippen LogP contribution in [0.15, 0.2) is 0 Å². The molecule has 2 fully saturated rings. The van der Waals surface area contributed by atoms with Crippen molar-refractivity contribution in [1.29, 1.82) is 0 Å². The normalized spacial score (nSPS) is 61.1. The summed E-state index contributed by atoms with van der Waals surface area (Å²) in [7, 11) is 0. The highest BCUT2D eigenvalue weighted by Crippen LogP contribution is 2.65. The minimum atomic E-state index is 1.03. The summed E-state index contributed by atoms with van der Waals surface area (Å²) in [6.45, 7) is 9.69. The third kappa shape index (κ3) is 0.711. The van der Waals surface area contributed by atoms with Crippen molar-refractivity contribution in [1.82, 2.24) is 0 Å². The van der Waals surface area contributed by atoms with Crippen molar-refractivity contribution in [3.8, 4) is 0 Å². The van der Waals surface area contributed by atoms with Gasteiger partial charge in [-0.3, -0.25) is 0 Å². The molecule has 2 aliphatic rings. The van der Waals surface area contributed by atoms with Crippen LogP contribution in [0.5, 0.6) is 0 Å². The second-order valence-corrected chi connectivity index (χ2v) is 4.80. The molecule has 6 unspecified atom stereocenters. The lowest BCUT2D eigenvalue weighted by molar-refractivity contribution is -0.186. The fourth-order valence-electron chi connectivity index (χ4n) is 3.90. The highest BCUT2D eigenvalue weighted by Gasteiger charge is 2.59. The van der Waals surface area contributed by atoms with Gasteiger partial charge >= 0.3 is 0 Å². The molecule has 11 heavy (non-hydrogen) atoms. The first-order chi connectivity index (χ1) is 5.18. The lowest BCUT2D eigenvalue weighted by Crippen LogP contribution is -2.61. The first-order valence-corrected chi connectivity index (χ1v) is 5.18. The summed E-state index contributed by atoms with van der Waals surface area (Å²) in [5.74, 6) is 6.39. The van der Waals surface area contributed by atoms with Crippen molar-refractivity contribution in [3.05, 3.63) is 0 Å². The third-order valence-corrected chi connectivity index (χ3v) is 4.74. The van der Waals surface area contributed by atoms with Gasteiger partial charge in [-0.05, 0) is 35.5 Å². The van der Waals surface area contributed by atoms with E-state index in [0.717, 1.165) is 35.5 Å². The molecular weight excluding hydrogens is 132 g/mol. The van der Waals surface area contributed by atoms with E-state index < -0.39 is 0 Å². The van der Waals surface area contributed by atoms with E-state index in [0.29, 0.717) is 0 Å². The Kier molecular flexibility index (Phi) is 1.56. The van der Waals surface area contributed by atoms with Crippen LogP contribution < -0.4 is 0 Å². The maximum Gasteiger partial charge on any atom is -0.0321 e. The highest BCUT2D eigenvalue weighted by molar-refractivity contribution is 5.07. The molecule has 0 spiro atoms. The van der Waals surface area contributed by atoms with Crippen LogP contribution in [0.4, 0.5) is 0 Å². The quantitative estimate of drug-likeness (QED) is 0.541. The van der Waals surface area contributed by atoms with Crippen LogP contribution in [0.25, 0.3) is 0 Å². The van der Waals surface area contributed by atoms with Crippen LogP contribution in [-0.2, 0) is 0 Å². The molecular formula is C11H20. The van der Waals surface area contributed by atoms with Crippen LogP contribution in [0, 0.1) is 35.5 Å². The summed E-state index contributed by atoms with van der Waals surface area (Å²) in [6.07, 6.45) is 1.42. The zero-order chi connectivity index (χ0) is 8.17. The van der Waals surface area contributed by atoms with E-state index in [1.807, 2.05) is 0 Å². The Hall–Kier alpha value is 0. The van der Waals surface area contributed by atoms with Gasteiger partial charge in [0.15, 0.2) is 0 Å². The molecule has 0 saturated heterocycles. The molecule has 0 aromatic carbocycles. The van der Waals surface area contributed by atoms with E-state index in [1.54, 1.807) is 0 Å². The number of fused-ring (bicyclic) bond motifs is 1. The molecule has 0 heterocycles. The zero-order valence-electron chi connectivity index (χ0n) is 8.17. The molecule has 2 rings (SSSR count). The summed E-state index contributed by atoms with van der Waals surface area (Å²) in [4.78, 5) is 0.